The van der Waals surface area contributed by atoms with Gasteiger partial charge in [0.15, 0.2) is 17.5 Å². The second-order valence-electron chi connectivity index (χ2n) is 14.7. The zero-order valence-electron chi connectivity index (χ0n) is 31.1. The smallest absolute Gasteiger partial charge is 0.164 e. The molecule has 0 N–H and O–H groups in total. The van der Waals surface area contributed by atoms with E-state index >= 15 is 0 Å². The molecule has 0 unspecified atom stereocenters. The van der Waals surface area contributed by atoms with Crippen LogP contribution in [0.25, 0.3) is 120 Å². The molecule has 9 aromatic carbocycles. The molecule has 0 radical (unpaired) electrons. The molecule has 0 aliphatic heterocycles. The van der Waals surface area contributed by atoms with Crippen molar-refractivity contribution >= 4 is 75.0 Å². The summed E-state index contributed by atoms with van der Waals surface area (Å²) in [5, 5.41) is 9.60. The number of thiophene rings is 1. The Balaban J connectivity index is 0.961. The van der Waals surface area contributed by atoms with Gasteiger partial charge in [-0.05, 0) is 80.2 Å². The van der Waals surface area contributed by atoms with Crippen molar-refractivity contribution in [3.8, 4) is 56.4 Å². The first-order valence-electron chi connectivity index (χ1n) is 19.4. The van der Waals surface area contributed by atoms with E-state index in [1.807, 2.05) is 18.2 Å². The molecule has 58 heavy (non-hydrogen) atoms. The number of hydrogen-bond acceptors (Lipinski definition) is 5. The SMILES string of the molecule is c1ccc(-c2nc(-c3ccc(-c4cccc5oc6ccc(-c7ccc8c(ccc9ccccc98)c7)cc6c45)cc3)nc(-c3cccc4sc5ccccc5c34)n2)cc1. The Labute approximate surface area is 337 Å². The number of aromatic nitrogens is 3. The molecule has 0 saturated heterocycles. The van der Waals surface area contributed by atoms with Crippen molar-refractivity contribution in [2.24, 2.45) is 0 Å². The predicted molar refractivity (Wildman–Crippen MR) is 242 cm³/mol. The summed E-state index contributed by atoms with van der Waals surface area (Å²) < 4.78 is 8.91. The van der Waals surface area contributed by atoms with Gasteiger partial charge in [-0.1, -0.05) is 152 Å². The minimum Gasteiger partial charge on any atom is -0.456 e. The quantitative estimate of drug-likeness (QED) is 0.164. The molecule has 3 heterocycles. The van der Waals surface area contributed by atoms with Crippen LogP contribution in [0.4, 0.5) is 0 Å². The van der Waals surface area contributed by atoms with E-state index in [-0.39, 0.29) is 0 Å². The lowest BCUT2D eigenvalue weighted by Crippen LogP contribution is -2.00. The summed E-state index contributed by atoms with van der Waals surface area (Å²) in [5.41, 5.74) is 9.13. The van der Waals surface area contributed by atoms with E-state index < -0.39 is 0 Å². The van der Waals surface area contributed by atoms with Gasteiger partial charge in [0.25, 0.3) is 0 Å². The molecule has 3 aromatic heterocycles. The van der Waals surface area contributed by atoms with Gasteiger partial charge >= 0.3 is 0 Å². The normalized spacial score (nSPS) is 11.8. The number of fused-ring (bicyclic) bond motifs is 9. The molecule has 0 atom stereocenters. The average Bonchev–Trinajstić information content (AvgIpc) is 3.87. The lowest BCUT2D eigenvalue weighted by molar-refractivity contribution is 0.669. The van der Waals surface area contributed by atoms with Gasteiger partial charge in [0, 0.05) is 47.6 Å². The summed E-state index contributed by atoms with van der Waals surface area (Å²) in [6.45, 7) is 0. The Morgan fingerprint density at radius 2 is 0.948 bits per heavy atom. The van der Waals surface area contributed by atoms with Gasteiger partial charge in [0.2, 0.25) is 0 Å². The Morgan fingerprint density at radius 1 is 0.328 bits per heavy atom. The highest BCUT2D eigenvalue weighted by molar-refractivity contribution is 7.25. The Kier molecular flexibility index (Phi) is 7.37. The van der Waals surface area contributed by atoms with Crippen LogP contribution in [0.3, 0.4) is 0 Å². The molecule has 12 rings (SSSR count). The number of nitrogens with zero attached hydrogens (tertiary/aromatic N) is 3. The highest BCUT2D eigenvalue weighted by Gasteiger charge is 2.18. The molecule has 12 aromatic rings. The highest BCUT2D eigenvalue weighted by atomic mass is 32.1. The van der Waals surface area contributed by atoms with Gasteiger partial charge < -0.3 is 4.42 Å². The number of rotatable bonds is 5. The van der Waals surface area contributed by atoms with Crippen molar-refractivity contribution in [1.82, 2.24) is 15.0 Å². The van der Waals surface area contributed by atoms with E-state index in [1.54, 1.807) is 11.3 Å². The number of hydrogen-bond donors (Lipinski definition) is 0. The zero-order valence-corrected chi connectivity index (χ0v) is 31.9. The van der Waals surface area contributed by atoms with Crippen LogP contribution in [0, 0.1) is 0 Å². The molecule has 4 nitrogen and oxygen atoms in total. The fourth-order valence-electron chi connectivity index (χ4n) is 8.54. The van der Waals surface area contributed by atoms with Gasteiger partial charge in [-0.2, -0.15) is 0 Å². The van der Waals surface area contributed by atoms with Crippen LogP contribution >= 0.6 is 11.3 Å². The first-order valence-corrected chi connectivity index (χ1v) is 20.2. The third-order valence-corrected chi connectivity index (χ3v) is 12.5. The highest BCUT2D eigenvalue weighted by Crippen LogP contribution is 2.41. The molecule has 0 amide bonds. The van der Waals surface area contributed by atoms with E-state index in [4.69, 9.17) is 19.4 Å². The Hall–Kier alpha value is -7.47. The van der Waals surface area contributed by atoms with E-state index in [9.17, 15) is 0 Å². The fourth-order valence-corrected chi connectivity index (χ4v) is 9.67. The van der Waals surface area contributed by atoms with E-state index in [2.05, 4.69) is 170 Å². The van der Waals surface area contributed by atoms with Crippen molar-refractivity contribution in [2.75, 3.05) is 0 Å². The predicted octanol–water partition coefficient (Wildman–Crippen LogP) is 14.8. The van der Waals surface area contributed by atoms with E-state index in [0.717, 1.165) is 55.3 Å². The van der Waals surface area contributed by atoms with Crippen molar-refractivity contribution in [3.05, 3.63) is 188 Å². The lowest BCUT2D eigenvalue weighted by atomic mass is 9.95. The van der Waals surface area contributed by atoms with Gasteiger partial charge in [0.05, 0.1) is 0 Å². The summed E-state index contributed by atoms with van der Waals surface area (Å²) in [4.78, 5) is 15.3. The van der Waals surface area contributed by atoms with E-state index in [1.165, 1.54) is 47.3 Å². The third-order valence-electron chi connectivity index (χ3n) is 11.3. The molecular weight excluding hydrogens is 727 g/mol. The van der Waals surface area contributed by atoms with Gasteiger partial charge in [-0.3, -0.25) is 0 Å². The molecule has 0 aliphatic rings. The molecule has 0 bridgehead atoms. The minimum absolute atomic E-state index is 0.631. The Bertz CT molecular complexity index is 3570. The maximum Gasteiger partial charge on any atom is 0.164 e. The van der Waals surface area contributed by atoms with Crippen molar-refractivity contribution in [1.29, 1.82) is 0 Å². The second kappa shape index (κ2) is 13.1. The molecule has 5 heteroatoms. The van der Waals surface area contributed by atoms with Crippen LogP contribution < -0.4 is 0 Å². The molecule has 0 saturated carbocycles. The molecule has 0 spiro atoms. The molecular formula is C53H31N3OS. The number of furan rings is 1. The topological polar surface area (TPSA) is 51.8 Å². The monoisotopic (exact) mass is 757 g/mol. The first kappa shape index (κ1) is 32.7. The van der Waals surface area contributed by atoms with Gasteiger partial charge in [-0.25, -0.2) is 15.0 Å². The standard InChI is InChI=1S/C53H31N3OS/c1-2-11-34(12-3-1)51-54-52(56-53(55-51)43-16-9-19-48-50(43)42-14-6-7-18-47(42)58-48)35-23-20-33(21-24-35)41-15-8-17-46-49(41)44-31-37(27-29-45(44)57-46)36-26-28-40-38(30-36)25-22-32-10-4-5-13-39(32)40/h1-31H. The zero-order chi connectivity index (χ0) is 38.2. The summed E-state index contributed by atoms with van der Waals surface area (Å²) in [5.74, 6) is 1.94. The van der Waals surface area contributed by atoms with Gasteiger partial charge in [0.1, 0.15) is 11.2 Å². The van der Waals surface area contributed by atoms with Gasteiger partial charge in [-0.15, -0.1) is 11.3 Å². The van der Waals surface area contributed by atoms with Crippen LogP contribution in [-0.4, -0.2) is 15.0 Å². The largest absolute Gasteiger partial charge is 0.456 e. The first-order chi connectivity index (χ1) is 28.7. The fraction of sp³-hybridized carbons (Fsp3) is 0. The van der Waals surface area contributed by atoms with Crippen LogP contribution in [0.1, 0.15) is 0 Å². The summed E-state index contributed by atoms with van der Waals surface area (Å²) in [7, 11) is 0. The Morgan fingerprint density at radius 3 is 1.83 bits per heavy atom. The molecule has 270 valence electrons. The molecule has 0 aliphatic carbocycles. The maximum absolute atomic E-state index is 6.45. The minimum atomic E-state index is 0.631. The van der Waals surface area contributed by atoms with Crippen LogP contribution in [0.2, 0.25) is 0 Å². The maximum atomic E-state index is 6.45. The van der Waals surface area contributed by atoms with Crippen LogP contribution in [-0.2, 0) is 0 Å². The summed E-state index contributed by atoms with van der Waals surface area (Å²) in [6.07, 6.45) is 0. The average molecular weight is 758 g/mol. The third kappa shape index (κ3) is 5.32. The summed E-state index contributed by atoms with van der Waals surface area (Å²) in [6, 6.07) is 66.3. The lowest BCUT2D eigenvalue weighted by Gasteiger charge is -2.10. The molecule has 0 fully saturated rings. The number of benzene rings is 9. The van der Waals surface area contributed by atoms with E-state index in [0.29, 0.717) is 17.5 Å². The second-order valence-corrected chi connectivity index (χ2v) is 15.8. The van der Waals surface area contributed by atoms with Crippen LogP contribution in [0.5, 0.6) is 0 Å². The van der Waals surface area contributed by atoms with Crippen molar-refractivity contribution < 1.29 is 4.42 Å². The summed E-state index contributed by atoms with van der Waals surface area (Å²) >= 11 is 1.80. The van der Waals surface area contributed by atoms with Crippen molar-refractivity contribution in [2.45, 2.75) is 0 Å². The van der Waals surface area contributed by atoms with Crippen LogP contribution in [0.15, 0.2) is 192 Å². The van der Waals surface area contributed by atoms with Crippen molar-refractivity contribution in [3.63, 3.8) is 0 Å².